The van der Waals surface area contributed by atoms with Gasteiger partial charge in [0.2, 0.25) is 0 Å². The van der Waals surface area contributed by atoms with Crippen LogP contribution < -0.4 is 10.2 Å². The van der Waals surface area contributed by atoms with Gasteiger partial charge in [0.05, 0.1) is 18.0 Å². The zero-order valence-electron chi connectivity index (χ0n) is 10.3. The van der Waals surface area contributed by atoms with Gasteiger partial charge in [-0.15, -0.1) is 0 Å². The fourth-order valence-corrected chi connectivity index (χ4v) is 2.22. The van der Waals surface area contributed by atoms with Crippen LogP contribution in [0, 0.1) is 0 Å². The van der Waals surface area contributed by atoms with Crippen LogP contribution >= 0.6 is 0 Å². The predicted octanol–water partition coefficient (Wildman–Crippen LogP) is 2.34. The minimum Gasteiger partial charge on any atom is -0.383 e. The van der Waals surface area contributed by atoms with Crippen molar-refractivity contribution in [2.24, 2.45) is 0 Å². The average molecular weight is 220 g/mol. The van der Waals surface area contributed by atoms with E-state index >= 15 is 0 Å². The smallest absolute Gasteiger partial charge is 0.0637 e. The Bertz CT molecular complexity index is 363. The van der Waals surface area contributed by atoms with E-state index in [1.54, 1.807) is 7.11 Å². The summed E-state index contributed by atoms with van der Waals surface area (Å²) in [5, 5.41) is 3.56. The number of ether oxygens (including phenoxy) is 1. The lowest BCUT2D eigenvalue weighted by atomic mass is 9.99. The second kappa shape index (κ2) is 4.34. The standard InChI is InChI=1S/C13H20N2O/c1-13(2)10-15(8-9-16-3)12-7-5-4-6-11(12)14-13/h4-7,14H,8-10H2,1-3H3. The lowest BCUT2D eigenvalue weighted by Crippen LogP contribution is -2.49. The van der Waals surface area contributed by atoms with Crippen LogP contribution in [0.25, 0.3) is 0 Å². The molecule has 1 aromatic rings. The molecule has 16 heavy (non-hydrogen) atoms. The van der Waals surface area contributed by atoms with Crippen LogP contribution in [-0.4, -0.2) is 32.3 Å². The lowest BCUT2D eigenvalue weighted by Gasteiger charge is -2.42. The summed E-state index contributed by atoms with van der Waals surface area (Å²) in [5.74, 6) is 0. The van der Waals surface area contributed by atoms with Gasteiger partial charge in [-0.2, -0.15) is 0 Å². The Morgan fingerprint density at radius 2 is 2.12 bits per heavy atom. The summed E-state index contributed by atoms with van der Waals surface area (Å²) in [4.78, 5) is 2.38. The molecule has 0 bridgehead atoms. The average Bonchev–Trinajstić information content (AvgIpc) is 2.24. The van der Waals surface area contributed by atoms with E-state index in [-0.39, 0.29) is 5.54 Å². The number of fused-ring (bicyclic) bond motifs is 1. The zero-order chi connectivity index (χ0) is 11.6. The fourth-order valence-electron chi connectivity index (χ4n) is 2.22. The highest BCUT2D eigenvalue weighted by Gasteiger charge is 2.28. The number of benzene rings is 1. The van der Waals surface area contributed by atoms with Gasteiger partial charge in [-0.3, -0.25) is 0 Å². The first kappa shape index (κ1) is 11.3. The van der Waals surface area contributed by atoms with Gasteiger partial charge in [-0.05, 0) is 26.0 Å². The molecule has 1 aliphatic heterocycles. The highest BCUT2D eigenvalue weighted by Crippen LogP contribution is 2.33. The monoisotopic (exact) mass is 220 g/mol. The van der Waals surface area contributed by atoms with E-state index in [1.165, 1.54) is 11.4 Å². The summed E-state index contributed by atoms with van der Waals surface area (Å²) in [7, 11) is 1.75. The molecule has 0 aromatic heterocycles. The number of anilines is 2. The molecular weight excluding hydrogens is 200 g/mol. The topological polar surface area (TPSA) is 24.5 Å². The number of hydrogen-bond acceptors (Lipinski definition) is 3. The molecule has 0 saturated heterocycles. The minimum atomic E-state index is 0.113. The number of nitrogens with one attached hydrogen (secondary N) is 1. The maximum absolute atomic E-state index is 5.17. The molecule has 0 aliphatic carbocycles. The van der Waals surface area contributed by atoms with Crippen molar-refractivity contribution in [1.29, 1.82) is 0 Å². The molecule has 0 amide bonds. The Morgan fingerprint density at radius 1 is 1.38 bits per heavy atom. The van der Waals surface area contributed by atoms with Crippen molar-refractivity contribution >= 4 is 11.4 Å². The zero-order valence-corrected chi connectivity index (χ0v) is 10.3. The minimum absolute atomic E-state index is 0.113. The van der Waals surface area contributed by atoms with Gasteiger partial charge < -0.3 is 15.0 Å². The van der Waals surface area contributed by atoms with E-state index in [0.29, 0.717) is 0 Å². The van der Waals surface area contributed by atoms with Crippen molar-refractivity contribution in [2.45, 2.75) is 19.4 Å². The van der Waals surface area contributed by atoms with Crippen molar-refractivity contribution in [1.82, 2.24) is 0 Å². The molecule has 1 aromatic carbocycles. The quantitative estimate of drug-likeness (QED) is 0.846. The fraction of sp³-hybridized carbons (Fsp3) is 0.538. The molecule has 88 valence electrons. The molecule has 1 N–H and O–H groups in total. The van der Waals surface area contributed by atoms with Gasteiger partial charge in [0.25, 0.3) is 0 Å². The number of para-hydroxylation sites is 2. The van der Waals surface area contributed by atoms with E-state index in [1.807, 2.05) is 0 Å². The van der Waals surface area contributed by atoms with Crippen molar-refractivity contribution in [2.75, 3.05) is 37.0 Å². The largest absolute Gasteiger partial charge is 0.383 e. The molecule has 0 spiro atoms. The van der Waals surface area contributed by atoms with E-state index < -0.39 is 0 Å². The lowest BCUT2D eigenvalue weighted by molar-refractivity contribution is 0.204. The first-order valence-electron chi connectivity index (χ1n) is 5.73. The summed E-state index contributed by atoms with van der Waals surface area (Å²) >= 11 is 0. The molecule has 0 unspecified atom stereocenters. The van der Waals surface area contributed by atoms with Crippen LogP contribution in [0.1, 0.15) is 13.8 Å². The first-order valence-corrected chi connectivity index (χ1v) is 5.73. The van der Waals surface area contributed by atoms with Gasteiger partial charge in [0.1, 0.15) is 0 Å². The third-order valence-electron chi connectivity index (χ3n) is 2.87. The Balaban J connectivity index is 2.25. The Hall–Kier alpha value is -1.22. The Morgan fingerprint density at radius 3 is 2.88 bits per heavy atom. The van der Waals surface area contributed by atoms with Crippen molar-refractivity contribution in [3.05, 3.63) is 24.3 Å². The number of methoxy groups -OCH3 is 1. The van der Waals surface area contributed by atoms with Gasteiger partial charge in [0, 0.05) is 25.7 Å². The number of hydrogen-bond donors (Lipinski definition) is 1. The number of nitrogens with zero attached hydrogens (tertiary/aromatic N) is 1. The van der Waals surface area contributed by atoms with Gasteiger partial charge in [-0.25, -0.2) is 0 Å². The predicted molar refractivity (Wildman–Crippen MR) is 68.2 cm³/mol. The van der Waals surface area contributed by atoms with Crippen LogP contribution in [0.15, 0.2) is 24.3 Å². The molecule has 2 rings (SSSR count). The molecule has 1 heterocycles. The van der Waals surface area contributed by atoms with Crippen LogP contribution in [0.4, 0.5) is 11.4 Å². The van der Waals surface area contributed by atoms with Crippen molar-refractivity contribution in [3.8, 4) is 0 Å². The normalized spacial score (nSPS) is 17.8. The summed E-state index contributed by atoms with van der Waals surface area (Å²) in [6.07, 6.45) is 0. The summed E-state index contributed by atoms with van der Waals surface area (Å²) in [6.45, 7) is 7.17. The molecular formula is C13H20N2O. The maximum Gasteiger partial charge on any atom is 0.0637 e. The van der Waals surface area contributed by atoms with Gasteiger partial charge >= 0.3 is 0 Å². The third kappa shape index (κ3) is 2.30. The molecule has 0 radical (unpaired) electrons. The first-order chi connectivity index (χ1) is 7.62. The molecule has 0 atom stereocenters. The molecule has 1 aliphatic rings. The Kier molecular flexibility index (Phi) is 3.06. The van der Waals surface area contributed by atoms with Crippen LogP contribution in [0.3, 0.4) is 0 Å². The SMILES string of the molecule is COCCN1CC(C)(C)Nc2ccccc21. The third-order valence-corrected chi connectivity index (χ3v) is 2.87. The van der Waals surface area contributed by atoms with Crippen LogP contribution in [0.2, 0.25) is 0 Å². The van der Waals surface area contributed by atoms with E-state index in [4.69, 9.17) is 4.74 Å². The molecule has 0 saturated carbocycles. The number of rotatable bonds is 3. The van der Waals surface area contributed by atoms with Gasteiger partial charge in [0.15, 0.2) is 0 Å². The summed E-state index contributed by atoms with van der Waals surface area (Å²) < 4.78 is 5.17. The van der Waals surface area contributed by atoms with Crippen LogP contribution in [0.5, 0.6) is 0 Å². The summed E-state index contributed by atoms with van der Waals surface area (Å²) in [5.41, 5.74) is 2.61. The highest BCUT2D eigenvalue weighted by atomic mass is 16.5. The van der Waals surface area contributed by atoms with Crippen molar-refractivity contribution < 1.29 is 4.74 Å². The van der Waals surface area contributed by atoms with Crippen molar-refractivity contribution in [3.63, 3.8) is 0 Å². The molecule has 3 nitrogen and oxygen atoms in total. The summed E-state index contributed by atoms with van der Waals surface area (Å²) in [6, 6.07) is 8.45. The van der Waals surface area contributed by atoms with Crippen LogP contribution in [-0.2, 0) is 4.74 Å². The highest BCUT2D eigenvalue weighted by molar-refractivity contribution is 5.73. The van der Waals surface area contributed by atoms with Gasteiger partial charge in [-0.1, -0.05) is 12.1 Å². The molecule has 0 fully saturated rings. The second-order valence-electron chi connectivity index (χ2n) is 4.94. The van der Waals surface area contributed by atoms with E-state index in [0.717, 1.165) is 19.7 Å². The van der Waals surface area contributed by atoms with E-state index in [2.05, 4.69) is 48.3 Å². The van der Waals surface area contributed by atoms with E-state index in [9.17, 15) is 0 Å². The molecule has 3 heteroatoms. The Labute approximate surface area is 97.4 Å². The maximum atomic E-state index is 5.17. The second-order valence-corrected chi connectivity index (χ2v) is 4.94.